The molecule has 3 heteroatoms. The molecule has 0 aliphatic rings. The molecule has 0 aliphatic heterocycles. The lowest BCUT2D eigenvalue weighted by molar-refractivity contribution is 0.101. The van der Waals surface area contributed by atoms with Crippen molar-refractivity contribution in [3.8, 4) is 0 Å². The van der Waals surface area contributed by atoms with Crippen molar-refractivity contribution in [2.75, 3.05) is 0 Å². The maximum Gasteiger partial charge on any atom is 0.161 e. The van der Waals surface area contributed by atoms with Gasteiger partial charge in [0.15, 0.2) is 5.78 Å². The highest BCUT2D eigenvalue weighted by atomic mass is 79.9. The number of thiophene rings is 1. The number of fused-ring (bicyclic) bond motifs is 1. The van der Waals surface area contributed by atoms with Gasteiger partial charge < -0.3 is 0 Å². The lowest BCUT2D eigenvalue weighted by Gasteiger charge is -1.94. The molecule has 0 bridgehead atoms. The lowest BCUT2D eigenvalue weighted by atomic mass is 10.1. The van der Waals surface area contributed by atoms with Crippen LogP contribution < -0.4 is 0 Å². The molecule has 0 saturated heterocycles. The van der Waals surface area contributed by atoms with E-state index in [1.807, 2.05) is 23.6 Å². The van der Waals surface area contributed by atoms with Crippen molar-refractivity contribution >= 4 is 43.1 Å². The zero-order chi connectivity index (χ0) is 9.42. The molecule has 13 heavy (non-hydrogen) atoms. The first-order valence-corrected chi connectivity index (χ1v) is 5.54. The number of carbonyl (C=O) groups excluding carboxylic acids is 1. The minimum Gasteiger partial charge on any atom is -0.294 e. The fourth-order valence-corrected chi connectivity index (χ4v) is 2.96. The summed E-state index contributed by atoms with van der Waals surface area (Å²) in [5.41, 5.74) is 0.821. The lowest BCUT2D eigenvalue weighted by Crippen LogP contribution is -1.88. The number of benzene rings is 1. The van der Waals surface area contributed by atoms with Crippen LogP contribution in [0.25, 0.3) is 10.1 Å². The van der Waals surface area contributed by atoms with Crippen molar-refractivity contribution in [2.45, 2.75) is 6.92 Å². The van der Waals surface area contributed by atoms with Gasteiger partial charge in [-0.05, 0) is 28.9 Å². The number of hydrogen-bond acceptors (Lipinski definition) is 2. The fraction of sp³-hybridized carbons (Fsp3) is 0.100. The van der Waals surface area contributed by atoms with Crippen LogP contribution in [0.3, 0.4) is 0 Å². The van der Waals surface area contributed by atoms with Gasteiger partial charge >= 0.3 is 0 Å². The van der Waals surface area contributed by atoms with Crippen molar-refractivity contribution in [1.29, 1.82) is 0 Å². The van der Waals surface area contributed by atoms with Gasteiger partial charge in [0.25, 0.3) is 0 Å². The summed E-state index contributed by atoms with van der Waals surface area (Å²) in [4.78, 5) is 11.2. The average Bonchev–Trinajstić information content (AvgIpc) is 2.48. The minimum absolute atomic E-state index is 0.129. The van der Waals surface area contributed by atoms with Crippen molar-refractivity contribution < 1.29 is 4.79 Å². The standard InChI is InChI=1S/C10H7BrOS/c1-6(12)8-5-13-10-7(8)3-2-4-9(10)11/h2-5H,1H3. The van der Waals surface area contributed by atoms with Crippen molar-refractivity contribution in [3.63, 3.8) is 0 Å². The highest BCUT2D eigenvalue weighted by Crippen LogP contribution is 2.32. The molecule has 0 saturated carbocycles. The maximum absolute atomic E-state index is 11.2. The fourth-order valence-electron chi connectivity index (χ4n) is 1.29. The van der Waals surface area contributed by atoms with E-state index in [-0.39, 0.29) is 5.78 Å². The van der Waals surface area contributed by atoms with E-state index >= 15 is 0 Å². The first-order valence-electron chi connectivity index (χ1n) is 3.87. The molecule has 0 spiro atoms. The highest BCUT2D eigenvalue weighted by molar-refractivity contribution is 9.10. The van der Waals surface area contributed by atoms with Crippen LogP contribution in [0.5, 0.6) is 0 Å². The smallest absolute Gasteiger partial charge is 0.161 e. The Hall–Kier alpha value is -0.670. The number of hydrogen-bond donors (Lipinski definition) is 0. The molecule has 1 aromatic heterocycles. The Morgan fingerprint density at radius 1 is 1.46 bits per heavy atom. The topological polar surface area (TPSA) is 17.1 Å². The zero-order valence-corrected chi connectivity index (χ0v) is 9.41. The summed E-state index contributed by atoms with van der Waals surface area (Å²) >= 11 is 5.06. The molecule has 1 heterocycles. The Kier molecular flexibility index (Phi) is 2.22. The normalized spacial score (nSPS) is 10.6. The molecule has 0 N–H and O–H groups in total. The van der Waals surface area contributed by atoms with Gasteiger partial charge in [0.1, 0.15) is 0 Å². The van der Waals surface area contributed by atoms with E-state index < -0.39 is 0 Å². The summed E-state index contributed by atoms with van der Waals surface area (Å²) in [6.07, 6.45) is 0. The van der Waals surface area contributed by atoms with Crippen LogP contribution >= 0.6 is 27.3 Å². The second-order valence-corrected chi connectivity index (χ2v) is 4.56. The van der Waals surface area contributed by atoms with Crippen molar-refractivity contribution in [2.24, 2.45) is 0 Å². The molecular formula is C10H7BrOS. The van der Waals surface area contributed by atoms with E-state index in [2.05, 4.69) is 15.9 Å². The first-order chi connectivity index (χ1) is 6.20. The Morgan fingerprint density at radius 2 is 2.23 bits per heavy atom. The van der Waals surface area contributed by atoms with Crippen LogP contribution in [0, 0.1) is 0 Å². The Labute approximate surface area is 88.5 Å². The quantitative estimate of drug-likeness (QED) is 0.707. The summed E-state index contributed by atoms with van der Waals surface area (Å²) < 4.78 is 2.20. The maximum atomic E-state index is 11.2. The largest absolute Gasteiger partial charge is 0.294 e. The molecule has 2 rings (SSSR count). The minimum atomic E-state index is 0.129. The third-order valence-electron chi connectivity index (χ3n) is 1.93. The van der Waals surface area contributed by atoms with Crippen molar-refractivity contribution in [1.82, 2.24) is 0 Å². The van der Waals surface area contributed by atoms with E-state index in [0.717, 1.165) is 20.1 Å². The molecule has 0 unspecified atom stereocenters. The van der Waals surface area contributed by atoms with Gasteiger partial charge in [0, 0.05) is 25.5 Å². The number of halogens is 1. The predicted molar refractivity (Wildman–Crippen MR) is 59.5 cm³/mol. The second kappa shape index (κ2) is 3.24. The van der Waals surface area contributed by atoms with E-state index in [0.29, 0.717) is 0 Å². The predicted octanol–water partition coefficient (Wildman–Crippen LogP) is 3.87. The van der Waals surface area contributed by atoms with Gasteiger partial charge in [-0.3, -0.25) is 4.79 Å². The summed E-state index contributed by atoms with van der Waals surface area (Å²) in [7, 11) is 0. The third kappa shape index (κ3) is 1.42. The first kappa shape index (κ1) is 8.91. The zero-order valence-electron chi connectivity index (χ0n) is 7.00. The van der Waals surface area contributed by atoms with Crippen molar-refractivity contribution in [3.05, 3.63) is 33.6 Å². The van der Waals surface area contributed by atoms with Crippen LogP contribution in [0.1, 0.15) is 17.3 Å². The SMILES string of the molecule is CC(=O)c1csc2c(Br)cccc12. The van der Waals surface area contributed by atoms with E-state index in [1.54, 1.807) is 18.3 Å². The van der Waals surface area contributed by atoms with Crippen LogP contribution in [0.4, 0.5) is 0 Å². The van der Waals surface area contributed by atoms with E-state index in [1.165, 1.54) is 0 Å². The Balaban J connectivity index is 2.83. The number of carbonyl (C=O) groups is 1. The van der Waals surface area contributed by atoms with Gasteiger partial charge in [-0.15, -0.1) is 11.3 Å². The van der Waals surface area contributed by atoms with E-state index in [4.69, 9.17) is 0 Å². The van der Waals surface area contributed by atoms with Crippen LogP contribution in [0.2, 0.25) is 0 Å². The van der Waals surface area contributed by atoms with Gasteiger partial charge in [0.2, 0.25) is 0 Å². The molecule has 0 aliphatic carbocycles. The molecule has 1 nitrogen and oxygen atoms in total. The highest BCUT2D eigenvalue weighted by Gasteiger charge is 2.08. The molecule has 0 radical (unpaired) electrons. The third-order valence-corrected chi connectivity index (χ3v) is 3.88. The molecule has 0 amide bonds. The molecule has 1 aromatic carbocycles. The number of Topliss-reactive ketones (excluding diaryl/α,β-unsaturated/α-hetero) is 1. The number of ketones is 1. The van der Waals surface area contributed by atoms with Gasteiger partial charge in [0.05, 0.1) is 0 Å². The van der Waals surface area contributed by atoms with Crippen LogP contribution in [-0.4, -0.2) is 5.78 Å². The van der Waals surface area contributed by atoms with Gasteiger partial charge in [-0.2, -0.15) is 0 Å². The summed E-state index contributed by atoms with van der Waals surface area (Å²) in [5.74, 6) is 0.129. The molecule has 0 fully saturated rings. The average molecular weight is 255 g/mol. The summed E-state index contributed by atoms with van der Waals surface area (Å²) in [6, 6.07) is 5.92. The molecule has 2 aromatic rings. The van der Waals surface area contributed by atoms with Crippen LogP contribution in [-0.2, 0) is 0 Å². The molecular weight excluding hydrogens is 248 g/mol. The Morgan fingerprint density at radius 3 is 2.92 bits per heavy atom. The second-order valence-electron chi connectivity index (χ2n) is 2.82. The monoisotopic (exact) mass is 254 g/mol. The molecule has 0 atom stereocenters. The van der Waals surface area contributed by atoms with E-state index in [9.17, 15) is 4.79 Å². The summed E-state index contributed by atoms with van der Waals surface area (Å²) in [6.45, 7) is 1.60. The van der Waals surface area contributed by atoms with Gasteiger partial charge in [-0.1, -0.05) is 12.1 Å². The van der Waals surface area contributed by atoms with Gasteiger partial charge in [-0.25, -0.2) is 0 Å². The number of rotatable bonds is 1. The van der Waals surface area contributed by atoms with Crippen LogP contribution in [0.15, 0.2) is 28.1 Å². The Bertz CT molecular complexity index is 473. The summed E-state index contributed by atoms with van der Waals surface area (Å²) in [5, 5.41) is 2.96. The molecule has 66 valence electrons.